The summed E-state index contributed by atoms with van der Waals surface area (Å²) in [6, 6.07) is 3.63. The number of aromatic hydroxyl groups is 1. The molecular formula is C20H31NO4. The van der Waals surface area contributed by atoms with Gasteiger partial charge in [-0.3, -0.25) is 0 Å². The molecule has 0 radical (unpaired) electrons. The fraction of sp³-hybridized carbons (Fsp3) is 0.650. The number of phenols is 1. The second-order valence-electron chi connectivity index (χ2n) is 8.80. The molecule has 0 aliphatic carbocycles. The van der Waals surface area contributed by atoms with Crippen molar-refractivity contribution in [3.63, 3.8) is 0 Å². The van der Waals surface area contributed by atoms with E-state index in [1.807, 2.05) is 31.7 Å². The zero-order valence-electron chi connectivity index (χ0n) is 16.5. The fourth-order valence-electron chi connectivity index (χ4n) is 3.27. The van der Waals surface area contributed by atoms with Crippen molar-refractivity contribution in [3.05, 3.63) is 23.3 Å². The second kappa shape index (κ2) is 6.77. The number of carbonyl (C=O) groups is 1. The lowest BCUT2D eigenvalue weighted by molar-refractivity contribution is 0.00354. The van der Waals surface area contributed by atoms with Gasteiger partial charge in [0.25, 0.3) is 0 Å². The standard InChI is InChI=1S/C20H31NO4/c1-19(2,3)17-12-14-10-15(22)16(24-7)11-13(14)8-9-21(17)18(23)25-20(4,5)6/h10-11,17,22H,8-9,12H2,1-7H3. The number of carbonyl (C=O) groups excluding carboxylic acids is 1. The van der Waals surface area contributed by atoms with Crippen LogP contribution in [0, 0.1) is 5.41 Å². The summed E-state index contributed by atoms with van der Waals surface area (Å²) in [7, 11) is 1.54. The van der Waals surface area contributed by atoms with Crippen molar-refractivity contribution < 1.29 is 19.4 Å². The second-order valence-corrected chi connectivity index (χ2v) is 8.80. The zero-order valence-corrected chi connectivity index (χ0v) is 16.5. The summed E-state index contributed by atoms with van der Waals surface area (Å²) < 4.78 is 10.9. The lowest BCUT2D eigenvalue weighted by Gasteiger charge is -2.39. The number of amides is 1. The van der Waals surface area contributed by atoms with Gasteiger partial charge in [-0.2, -0.15) is 0 Å². The van der Waals surface area contributed by atoms with Crippen molar-refractivity contribution in [2.24, 2.45) is 5.41 Å². The molecule has 1 unspecified atom stereocenters. The summed E-state index contributed by atoms with van der Waals surface area (Å²) >= 11 is 0. The lowest BCUT2D eigenvalue weighted by atomic mass is 9.82. The number of benzene rings is 1. The number of phenolic OH excluding ortho intramolecular Hbond substituents is 1. The maximum atomic E-state index is 12.8. The van der Waals surface area contributed by atoms with Crippen LogP contribution in [-0.2, 0) is 17.6 Å². The molecule has 0 aromatic heterocycles. The monoisotopic (exact) mass is 349 g/mol. The average Bonchev–Trinajstić information content (AvgIpc) is 2.63. The third kappa shape index (κ3) is 4.59. The Bertz CT molecular complexity index is 640. The molecule has 2 rings (SSSR count). The van der Waals surface area contributed by atoms with Gasteiger partial charge in [-0.25, -0.2) is 4.79 Å². The Hall–Kier alpha value is -1.91. The number of nitrogens with zero attached hydrogens (tertiary/aromatic N) is 1. The highest BCUT2D eigenvalue weighted by atomic mass is 16.6. The topological polar surface area (TPSA) is 59.0 Å². The van der Waals surface area contributed by atoms with Gasteiger partial charge in [0, 0.05) is 12.6 Å². The molecule has 25 heavy (non-hydrogen) atoms. The molecule has 1 aliphatic rings. The van der Waals surface area contributed by atoms with E-state index in [1.165, 1.54) is 0 Å². The molecule has 140 valence electrons. The number of hydrogen-bond donors (Lipinski definition) is 1. The molecule has 1 amide bonds. The first-order chi connectivity index (χ1) is 11.4. The van der Waals surface area contributed by atoms with Crippen molar-refractivity contribution >= 4 is 6.09 Å². The summed E-state index contributed by atoms with van der Waals surface area (Å²) in [6.07, 6.45) is 1.10. The van der Waals surface area contributed by atoms with Crippen LogP contribution in [0.15, 0.2) is 12.1 Å². The van der Waals surface area contributed by atoms with Crippen molar-refractivity contribution in [1.29, 1.82) is 0 Å². The minimum Gasteiger partial charge on any atom is -0.504 e. The van der Waals surface area contributed by atoms with Crippen LogP contribution in [0.4, 0.5) is 4.79 Å². The first-order valence-electron chi connectivity index (χ1n) is 8.81. The average molecular weight is 349 g/mol. The van der Waals surface area contributed by atoms with E-state index < -0.39 is 5.60 Å². The predicted octanol–water partition coefficient (Wildman–Crippen LogP) is 4.15. The van der Waals surface area contributed by atoms with Gasteiger partial charge in [-0.15, -0.1) is 0 Å². The van der Waals surface area contributed by atoms with Crippen molar-refractivity contribution in [2.45, 2.75) is 66.0 Å². The van der Waals surface area contributed by atoms with Crippen LogP contribution in [-0.4, -0.2) is 41.4 Å². The van der Waals surface area contributed by atoms with E-state index in [4.69, 9.17) is 9.47 Å². The highest BCUT2D eigenvalue weighted by Crippen LogP contribution is 2.36. The molecule has 1 aromatic carbocycles. The minimum atomic E-state index is -0.528. The summed E-state index contributed by atoms with van der Waals surface area (Å²) in [4.78, 5) is 14.6. The van der Waals surface area contributed by atoms with Crippen LogP contribution in [0.1, 0.15) is 52.7 Å². The summed E-state index contributed by atoms with van der Waals surface area (Å²) in [5, 5.41) is 10.1. The molecular weight excluding hydrogens is 318 g/mol. The Morgan fingerprint density at radius 3 is 2.32 bits per heavy atom. The molecule has 0 fully saturated rings. The number of rotatable bonds is 1. The molecule has 1 aliphatic heterocycles. The van der Waals surface area contributed by atoms with Crippen molar-refractivity contribution in [2.75, 3.05) is 13.7 Å². The molecule has 1 N–H and O–H groups in total. The van der Waals surface area contributed by atoms with E-state index in [-0.39, 0.29) is 23.3 Å². The van der Waals surface area contributed by atoms with E-state index in [0.717, 1.165) is 11.1 Å². The molecule has 1 atom stereocenters. The SMILES string of the molecule is COc1cc2c(cc1O)CC(C(C)(C)C)N(C(=O)OC(C)(C)C)CC2. The Kier molecular flexibility index (Phi) is 5.26. The van der Waals surface area contributed by atoms with Crippen LogP contribution in [0.3, 0.4) is 0 Å². The molecule has 1 heterocycles. The third-order valence-corrected chi connectivity index (χ3v) is 4.54. The van der Waals surface area contributed by atoms with Gasteiger partial charge in [0.2, 0.25) is 0 Å². The van der Waals surface area contributed by atoms with Gasteiger partial charge in [0.05, 0.1) is 7.11 Å². The van der Waals surface area contributed by atoms with Crippen LogP contribution >= 0.6 is 0 Å². The molecule has 5 nitrogen and oxygen atoms in total. The van der Waals surface area contributed by atoms with Gasteiger partial charge in [0.1, 0.15) is 5.60 Å². The largest absolute Gasteiger partial charge is 0.504 e. The van der Waals surface area contributed by atoms with E-state index >= 15 is 0 Å². The molecule has 0 saturated carbocycles. The first-order valence-corrected chi connectivity index (χ1v) is 8.81. The number of ether oxygens (including phenoxy) is 2. The predicted molar refractivity (Wildman–Crippen MR) is 98.2 cm³/mol. The maximum Gasteiger partial charge on any atom is 0.410 e. The van der Waals surface area contributed by atoms with Crippen molar-refractivity contribution in [1.82, 2.24) is 4.90 Å². The van der Waals surface area contributed by atoms with Crippen LogP contribution in [0.2, 0.25) is 0 Å². The zero-order chi connectivity index (χ0) is 19.0. The third-order valence-electron chi connectivity index (χ3n) is 4.54. The van der Waals surface area contributed by atoms with Crippen LogP contribution in [0.25, 0.3) is 0 Å². The lowest BCUT2D eigenvalue weighted by Crippen LogP contribution is -2.50. The van der Waals surface area contributed by atoms with Gasteiger partial charge in [0.15, 0.2) is 11.5 Å². The van der Waals surface area contributed by atoms with Gasteiger partial charge in [-0.1, -0.05) is 20.8 Å². The molecule has 1 aromatic rings. The highest BCUT2D eigenvalue weighted by molar-refractivity contribution is 5.69. The number of fused-ring (bicyclic) bond motifs is 1. The molecule has 0 spiro atoms. The first kappa shape index (κ1) is 19.4. The Balaban J connectivity index is 2.39. The fourth-order valence-corrected chi connectivity index (χ4v) is 3.27. The quantitative estimate of drug-likeness (QED) is 0.827. The number of methoxy groups -OCH3 is 1. The van der Waals surface area contributed by atoms with E-state index in [1.54, 1.807) is 13.2 Å². The normalized spacial score (nSPS) is 18.4. The smallest absolute Gasteiger partial charge is 0.410 e. The Labute approximate surface area is 150 Å². The summed E-state index contributed by atoms with van der Waals surface area (Å²) in [5.41, 5.74) is 1.52. The highest BCUT2D eigenvalue weighted by Gasteiger charge is 2.37. The van der Waals surface area contributed by atoms with Gasteiger partial charge in [-0.05, 0) is 62.3 Å². The summed E-state index contributed by atoms with van der Waals surface area (Å²) in [6.45, 7) is 12.6. The molecule has 5 heteroatoms. The van der Waals surface area contributed by atoms with Gasteiger partial charge >= 0.3 is 6.09 Å². The number of hydrogen-bond acceptors (Lipinski definition) is 4. The van der Waals surface area contributed by atoms with Crippen LogP contribution in [0.5, 0.6) is 11.5 Å². The van der Waals surface area contributed by atoms with Gasteiger partial charge < -0.3 is 19.5 Å². The van der Waals surface area contributed by atoms with E-state index in [0.29, 0.717) is 25.1 Å². The van der Waals surface area contributed by atoms with E-state index in [9.17, 15) is 9.90 Å². The summed E-state index contributed by atoms with van der Waals surface area (Å²) in [5.74, 6) is 0.608. The van der Waals surface area contributed by atoms with Crippen molar-refractivity contribution in [3.8, 4) is 11.5 Å². The Morgan fingerprint density at radius 1 is 1.16 bits per heavy atom. The maximum absolute atomic E-state index is 12.8. The molecule has 0 saturated heterocycles. The Morgan fingerprint density at radius 2 is 1.80 bits per heavy atom. The van der Waals surface area contributed by atoms with E-state index in [2.05, 4.69) is 20.8 Å². The molecule has 0 bridgehead atoms. The van der Waals surface area contributed by atoms with Crippen LogP contribution < -0.4 is 4.74 Å². The minimum absolute atomic E-state index is 0.0172.